The molecule has 0 saturated carbocycles. The first-order chi connectivity index (χ1) is 7.79. The van der Waals surface area contributed by atoms with Crippen molar-refractivity contribution < 1.29 is 4.79 Å². The minimum absolute atomic E-state index is 0.0572. The van der Waals surface area contributed by atoms with Gasteiger partial charge in [-0.05, 0) is 31.5 Å². The van der Waals surface area contributed by atoms with Gasteiger partial charge >= 0.3 is 0 Å². The summed E-state index contributed by atoms with van der Waals surface area (Å²) in [5.74, 6) is 0.0572. The van der Waals surface area contributed by atoms with E-state index in [4.69, 9.17) is 0 Å². The first-order valence-corrected chi connectivity index (χ1v) is 5.70. The first-order valence-electron chi connectivity index (χ1n) is 5.70. The molecule has 1 saturated heterocycles. The molecular weight excluding hydrogens is 202 g/mol. The number of nitrogens with one attached hydrogen (secondary N) is 1. The average molecular weight is 219 g/mol. The van der Waals surface area contributed by atoms with E-state index in [2.05, 4.69) is 10.3 Å². The highest BCUT2D eigenvalue weighted by Gasteiger charge is 2.19. The van der Waals surface area contributed by atoms with Crippen LogP contribution in [0.3, 0.4) is 0 Å². The SMILES string of the molecule is Cc1cccnc1C(=O)N1CCCNCC1. The molecule has 4 heteroatoms. The third-order valence-corrected chi connectivity index (χ3v) is 2.84. The lowest BCUT2D eigenvalue weighted by Gasteiger charge is -2.20. The number of aromatic nitrogens is 1. The molecule has 1 aromatic heterocycles. The van der Waals surface area contributed by atoms with Gasteiger partial charge in [-0.3, -0.25) is 9.78 Å². The normalized spacial score (nSPS) is 16.9. The fourth-order valence-corrected chi connectivity index (χ4v) is 1.91. The summed E-state index contributed by atoms with van der Waals surface area (Å²) < 4.78 is 0. The van der Waals surface area contributed by atoms with Gasteiger partial charge in [0.2, 0.25) is 0 Å². The number of pyridine rings is 1. The van der Waals surface area contributed by atoms with Crippen LogP contribution in [-0.2, 0) is 0 Å². The number of amides is 1. The van der Waals surface area contributed by atoms with Crippen molar-refractivity contribution in [3.8, 4) is 0 Å². The van der Waals surface area contributed by atoms with E-state index in [1.807, 2.05) is 24.0 Å². The van der Waals surface area contributed by atoms with Crippen molar-refractivity contribution in [1.82, 2.24) is 15.2 Å². The molecule has 0 aromatic carbocycles. The molecule has 1 aliphatic heterocycles. The Bertz CT molecular complexity index is 370. The summed E-state index contributed by atoms with van der Waals surface area (Å²) in [4.78, 5) is 18.3. The molecule has 0 radical (unpaired) electrons. The van der Waals surface area contributed by atoms with Crippen LogP contribution in [0.5, 0.6) is 0 Å². The van der Waals surface area contributed by atoms with Crippen LogP contribution in [-0.4, -0.2) is 42.0 Å². The fourth-order valence-electron chi connectivity index (χ4n) is 1.91. The number of rotatable bonds is 1. The Balaban J connectivity index is 2.14. The minimum atomic E-state index is 0.0572. The number of aryl methyl sites for hydroxylation is 1. The van der Waals surface area contributed by atoms with Crippen molar-refractivity contribution in [3.05, 3.63) is 29.6 Å². The van der Waals surface area contributed by atoms with Gasteiger partial charge in [0, 0.05) is 25.8 Å². The minimum Gasteiger partial charge on any atom is -0.336 e. The third-order valence-electron chi connectivity index (χ3n) is 2.84. The second-order valence-electron chi connectivity index (χ2n) is 4.06. The summed E-state index contributed by atoms with van der Waals surface area (Å²) in [7, 11) is 0. The Morgan fingerprint density at radius 3 is 3.12 bits per heavy atom. The van der Waals surface area contributed by atoms with Gasteiger partial charge in [0.15, 0.2) is 0 Å². The van der Waals surface area contributed by atoms with Crippen LogP contribution in [0.25, 0.3) is 0 Å². The molecule has 2 rings (SSSR count). The van der Waals surface area contributed by atoms with Crippen LogP contribution < -0.4 is 5.32 Å². The molecular formula is C12H17N3O. The molecule has 1 aliphatic rings. The van der Waals surface area contributed by atoms with Gasteiger partial charge in [0.25, 0.3) is 5.91 Å². The zero-order valence-corrected chi connectivity index (χ0v) is 9.57. The van der Waals surface area contributed by atoms with Crippen molar-refractivity contribution in [2.45, 2.75) is 13.3 Å². The highest BCUT2D eigenvalue weighted by atomic mass is 16.2. The zero-order chi connectivity index (χ0) is 11.4. The Labute approximate surface area is 95.7 Å². The molecule has 1 amide bonds. The summed E-state index contributed by atoms with van der Waals surface area (Å²) in [6.45, 7) is 5.38. The molecule has 86 valence electrons. The second-order valence-corrected chi connectivity index (χ2v) is 4.06. The topological polar surface area (TPSA) is 45.2 Å². The van der Waals surface area contributed by atoms with E-state index in [0.29, 0.717) is 5.69 Å². The zero-order valence-electron chi connectivity index (χ0n) is 9.57. The van der Waals surface area contributed by atoms with Gasteiger partial charge in [-0.25, -0.2) is 0 Å². The lowest BCUT2D eigenvalue weighted by atomic mass is 10.2. The molecule has 0 bridgehead atoms. The van der Waals surface area contributed by atoms with E-state index in [9.17, 15) is 4.79 Å². The van der Waals surface area contributed by atoms with Crippen molar-refractivity contribution in [2.24, 2.45) is 0 Å². The van der Waals surface area contributed by atoms with Crippen molar-refractivity contribution in [3.63, 3.8) is 0 Å². The van der Waals surface area contributed by atoms with E-state index >= 15 is 0 Å². The summed E-state index contributed by atoms with van der Waals surface area (Å²) in [6.07, 6.45) is 2.69. The monoisotopic (exact) mass is 219 g/mol. The second kappa shape index (κ2) is 5.07. The van der Waals surface area contributed by atoms with E-state index in [-0.39, 0.29) is 5.91 Å². The molecule has 1 fully saturated rings. The van der Waals surface area contributed by atoms with E-state index in [1.165, 1.54) is 0 Å². The average Bonchev–Trinajstić information content (AvgIpc) is 2.57. The van der Waals surface area contributed by atoms with Crippen LogP contribution in [0.2, 0.25) is 0 Å². The lowest BCUT2D eigenvalue weighted by molar-refractivity contribution is 0.0759. The Kier molecular flexibility index (Phi) is 3.51. The highest BCUT2D eigenvalue weighted by Crippen LogP contribution is 2.08. The lowest BCUT2D eigenvalue weighted by Crippen LogP contribution is -2.35. The maximum Gasteiger partial charge on any atom is 0.272 e. The fraction of sp³-hybridized carbons (Fsp3) is 0.500. The van der Waals surface area contributed by atoms with E-state index < -0.39 is 0 Å². The van der Waals surface area contributed by atoms with Crippen molar-refractivity contribution in [1.29, 1.82) is 0 Å². The van der Waals surface area contributed by atoms with Gasteiger partial charge in [-0.1, -0.05) is 6.07 Å². The van der Waals surface area contributed by atoms with Gasteiger partial charge < -0.3 is 10.2 Å². The third kappa shape index (κ3) is 2.39. The molecule has 0 aliphatic carbocycles. The summed E-state index contributed by atoms with van der Waals surface area (Å²) in [5, 5.41) is 3.28. The summed E-state index contributed by atoms with van der Waals surface area (Å²) >= 11 is 0. The Hall–Kier alpha value is -1.42. The number of hydrogen-bond donors (Lipinski definition) is 1. The molecule has 4 nitrogen and oxygen atoms in total. The predicted molar refractivity (Wildman–Crippen MR) is 62.4 cm³/mol. The van der Waals surface area contributed by atoms with Crippen molar-refractivity contribution in [2.75, 3.05) is 26.2 Å². The van der Waals surface area contributed by atoms with Crippen LogP contribution >= 0.6 is 0 Å². The Morgan fingerprint density at radius 1 is 1.44 bits per heavy atom. The molecule has 2 heterocycles. The van der Waals surface area contributed by atoms with Crippen LogP contribution in [0.1, 0.15) is 22.5 Å². The van der Waals surface area contributed by atoms with Gasteiger partial charge in [0.1, 0.15) is 5.69 Å². The van der Waals surface area contributed by atoms with Gasteiger partial charge in [0.05, 0.1) is 0 Å². The Morgan fingerprint density at radius 2 is 2.31 bits per heavy atom. The number of hydrogen-bond acceptors (Lipinski definition) is 3. The summed E-state index contributed by atoms with van der Waals surface area (Å²) in [5.41, 5.74) is 1.54. The molecule has 1 N–H and O–H groups in total. The number of carbonyl (C=O) groups is 1. The summed E-state index contributed by atoms with van der Waals surface area (Å²) in [6, 6.07) is 3.78. The van der Waals surface area contributed by atoms with Crippen LogP contribution in [0.15, 0.2) is 18.3 Å². The van der Waals surface area contributed by atoms with E-state index in [0.717, 1.165) is 38.2 Å². The predicted octanol–water partition coefficient (Wildman–Crippen LogP) is 0.826. The van der Waals surface area contributed by atoms with Gasteiger partial charge in [-0.15, -0.1) is 0 Å². The quantitative estimate of drug-likeness (QED) is 0.760. The first kappa shape index (κ1) is 11.1. The molecule has 0 atom stereocenters. The smallest absolute Gasteiger partial charge is 0.272 e. The number of nitrogens with zero attached hydrogens (tertiary/aromatic N) is 2. The molecule has 0 unspecified atom stereocenters. The standard InChI is InChI=1S/C12H17N3O/c1-10-4-2-6-14-11(10)12(16)15-8-3-5-13-7-9-15/h2,4,6,13H,3,5,7-9H2,1H3. The maximum absolute atomic E-state index is 12.2. The maximum atomic E-state index is 12.2. The molecule has 16 heavy (non-hydrogen) atoms. The molecule has 1 aromatic rings. The van der Waals surface area contributed by atoms with Crippen LogP contribution in [0, 0.1) is 6.92 Å². The van der Waals surface area contributed by atoms with Crippen LogP contribution in [0.4, 0.5) is 0 Å². The highest BCUT2D eigenvalue weighted by molar-refractivity contribution is 5.93. The molecule has 0 spiro atoms. The largest absolute Gasteiger partial charge is 0.336 e. The number of carbonyl (C=O) groups excluding carboxylic acids is 1. The van der Waals surface area contributed by atoms with Crippen molar-refractivity contribution >= 4 is 5.91 Å². The van der Waals surface area contributed by atoms with E-state index in [1.54, 1.807) is 6.20 Å². The van der Waals surface area contributed by atoms with Gasteiger partial charge in [-0.2, -0.15) is 0 Å².